The van der Waals surface area contributed by atoms with E-state index in [1.54, 1.807) is 49.4 Å². The van der Waals surface area contributed by atoms with Crippen molar-refractivity contribution in [1.29, 1.82) is 0 Å². The minimum absolute atomic E-state index is 0.0437. The number of nitrogens with zero attached hydrogens (tertiary/aromatic N) is 2. The van der Waals surface area contributed by atoms with Gasteiger partial charge in [-0.25, -0.2) is 8.42 Å². The van der Waals surface area contributed by atoms with Crippen molar-refractivity contribution >= 4 is 50.1 Å². The second-order valence-corrected chi connectivity index (χ2v) is 12.2. The topological polar surface area (TPSA) is 86.8 Å². The molecule has 9 heteroatoms. The molecule has 0 aromatic heterocycles. The fourth-order valence-corrected chi connectivity index (χ4v) is 5.69. The third-order valence-corrected chi connectivity index (χ3v) is 8.88. The molecule has 2 amide bonds. The molecule has 1 N–H and O–H groups in total. The van der Waals surface area contributed by atoms with Crippen molar-refractivity contribution < 1.29 is 18.0 Å². The molecule has 7 nitrogen and oxygen atoms in total. The van der Waals surface area contributed by atoms with E-state index in [9.17, 15) is 18.0 Å². The van der Waals surface area contributed by atoms with Crippen molar-refractivity contribution in [1.82, 2.24) is 10.2 Å². The van der Waals surface area contributed by atoms with Crippen LogP contribution in [-0.4, -0.2) is 50.3 Å². The molecular formula is C29H34IN3O4S. The van der Waals surface area contributed by atoms with Gasteiger partial charge in [0.05, 0.1) is 10.6 Å². The van der Waals surface area contributed by atoms with Crippen molar-refractivity contribution in [3.05, 3.63) is 94.1 Å². The van der Waals surface area contributed by atoms with Crippen LogP contribution in [0.25, 0.3) is 0 Å². The van der Waals surface area contributed by atoms with Crippen molar-refractivity contribution in [3.8, 4) is 0 Å². The van der Waals surface area contributed by atoms with Gasteiger partial charge in [0.25, 0.3) is 10.0 Å². The van der Waals surface area contributed by atoms with Gasteiger partial charge in [0, 0.05) is 16.2 Å². The Labute approximate surface area is 239 Å². The number of amides is 2. The molecular weight excluding hydrogens is 613 g/mol. The number of sulfonamides is 1. The van der Waals surface area contributed by atoms with Gasteiger partial charge in [0.15, 0.2) is 0 Å². The number of nitrogens with one attached hydrogen (secondary N) is 1. The van der Waals surface area contributed by atoms with Gasteiger partial charge in [-0.05, 0) is 91.2 Å². The van der Waals surface area contributed by atoms with Crippen LogP contribution >= 0.6 is 22.6 Å². The SMILES string of the molecule is CCC(C)NC(=O)C(C)N(CCc1ccccc1)C(=O)CN(c1ccc(I)cc1)S(=O)(=O)c1ccccc1. The molecule has 0 aliphatic heterocycles. The van der Waals surface area contributed by atoms with E-state index in [4.69, 9.17) is 0 Å². The van der Waals surface area contributed by atoms with Crippen LogP contribution in [-0.2, 0) is 26.0 Å². The van der Waals surface area contributed by atoms with E-state index in [1.165, 1.54) is 17.0 Å². The fraction of sp³-hybridized carbons (Fsp3) is 0.310. The summed E-state index contributed by atoms with van der Waals surface area (Å²) in [5.41, 5.74) is 1.40. The maximum Gasteiger partial charge on any atom is 0.264 e. The average molecular weight is 648 g/mol. The molecule has 202 valence electrons. The molecule has 0 bridgehead atoms. The molecule has 2 atom stereocenters. The summed E-state index contributed by atoms with van der Waals surface area (Å²) < 4.78 is 29.5. The van der Waals surface area contributed by atoms with Crippen molar-refractivity contribution in [2.24, 2.45) is 0 Å². The van der Waals surface area contributed by atoms with E-state index in [2.05, 4.69) is 27.9 Å². The van der Waals surface area contributed by atoms with Crippen LogP contribution in [0.5, 0.6) is 0 Å². The first-order valence-electron chi connectivity index (χ1n) is 12.6. The number of benzene rings is 3. The fourth-order valence-electron chi connectivity index (χ4n) is 3.89. The lowest BCUT2D eigenvalue weighted by Crippen LogP contribution is -2.53. The number of anilines is 1. The monoisotopic (exact) mass is 647 g/mol. The largest absolute Gasteiger partial charge is 0.352 e. The quantitative estimate of drug-likeness (QED) is 0.285. The Morgan fingerprint density at radius 1 is 0.895 bits per heavy atom. The Morgan fingerprint density at radius 2 is 1.47 bits per heavy atom. The van der Waals surface area contributed by atoms with E-state index in [1.807, 2.05) is 44.2 Å². The van der Waals surface area contributed by atoms with Crippen LogP contribution in [0, 0.1) is 3.57 Å². The Bertz CT molecular complexity index is 1300. The molecule has 38 heavy (non-hydrogen) atoms. The molecule has 0 spiro atoms. The highest BCUT2D eigenvalue weighted by Crippen LogP contribution is 2.25. The average Bonchev–Trinajstić information content (AvgIpc) is 2.93. The lowest BCUT2D eigenvalue weighted by atomic mass is 10.1. The minimum Gasteiger partial charge on any atom is -0.352 e. The first-order chi connectivity index (χ1) is 18.1. The van der Waals surface area contributed by atoms with Crippen LogP contribution < -0.4 is 9.62 Å². The second kappa shape index (κ2) is 13.7. The Morgan fingerprint density at radius 3 is 2.05 bits per heavy atom. The molecule has 0 fully saturated rings. The summed E-state index contributed by atoms with van der Waals surface area (Å²) in [5.74, 6) is -0.724. The standard InChI is InChI=1S/C29H34IN3O4S/c1-4-22(2)31-29(35)23(3)32(20-19-24-11-7-5-8-12-24)28(34)21-33(26-17-15-25(30)16-18-26)38(36,37)27-13-9-6-10-14-27/h5-18,22-23H,4,19-21H2,1-3H3,(H,31,35). The summed E-state index contributed by atoms with van der Waals surface area (Å²) in [7, 11) is -4.05. The minimum atomic E-state index is -4.05. The molecule has 0 saturated carbocycles. The summed E-state index contributed by atoms with van der Waals surface area (Å²) in [6.45, 7) is 5.39. The normalized spacial score (nSPS) is 12.8. The summed E-state index contributed by atoms with van der Waals surface area (Å²) >= 11 is 2.15. The van der Waals surface area contributed by atoms with Gasteiger partial charge in [-0.1, -0.05) is 55.5 Å². The van der Waals surface area contributed by atoms with Crippen LogP contribution in [0.1, 0.15) is 32.8 Å². The predicted molar refractivity (Wildman–Crippen MR) is 159 cm³/mol. The molecule has 3 aromatic rings. The highest BCUT2D eigenvalue weighted by molar-refractivity contribution is 14.1. The van der Waals surface area contributed by atoms with Gasteiger partial charge in [-0.3, -0.25) is 13.9 Å². The third-order valence-electron chi connectivity index (χ3n) is 6.38. The zero-order valence-electron chi connectivity index (χ0n) is 21.9. The van der Waals surface area contributed by atoms with E-state index in [0.29, 0.717) is 12.1 Å². The van der Waals surface area contributed by atoms with E-state index >= 15 is 0 Å². The zero-order chi connectivity index (χ0) is 27.7. The summed E-state index contributed by atoms with van der Waals surface area (Å²) in [4.78, 5) is 28.4. The molecule has 2 unspecified atom stereocenters. The maximum atomic E-state index is 13.8. The number of carbonyl (C=O) groups is 2. The number of hydrogen-bond acceptors (Lipinski definition) is 4. The Kier molecular flexibility index (Phi) is 10.7. The lowest BCUT2D eigenvalue weighted by Gasteiger charge is -2.32. The van der Waals surface area contributed by atoms with E-state index in [0.717, 1.165) is 19.9 Å². The Hall–Kier alpha value is -2.92. The third kappa shape index (κ3) is 7.80. The maximum absolute atomic E-state index is 13.8. The van der Waals surface area contributed by atoms with Gasteiger partial charge in [-0.2, -0.15) is 0 Å². The molecule has 3 rings (SSSR count). The predicted octanol–water partition coefficient (Wildman–Crippen LogP) is 4.86. The van der Waals surface area contributed by atoms with Crippen molar-refractivity contribution in [2.75, 3.05) is 17.4 Å². The molecule has 0 aliphatic carbocycles. The summed E-state index contributed by atoms with van der Waals surface area (Å²) in [6.07, 6.45) is 1.29. The molecule has 0 heterocycles. The van der Waals surface area contributed by atoms with E-state index in [-0.39, 0.29) is 23.4 Å². The lowest BCUT2D eigenvalue weighted by molar-refractivity contribution is -0.139. The van der Waals surface area contributed by atoms with Gasteiger partial charge < -0.3 is 10.2 Å². The number of rotatable bonds is 12. The van der Waals surface area contributed by atoms with E-state index < -0.39 is 28.5 Å². The smallest absolute Gasteiger partial charge is 0.264 e. The highest BCUT2D eigenvalue weighted by atomic mass is 127. The molecule has 0 radical (unpaired) electrons. The first kappa shape index (κ1) is 29.6. The summed E-state index contributed by atoms with van der Waals surface area (Å²) in [6, 6.07) is 23.9. The van der Waals surface area contributed by atoms with Gasteiger partial charge >= 0.3 is 0 Å². The van der Waals surface area contributed by atoms with Gasteiger partial charge in [0.2, 0.25) is 11.8 Å². The van der Waals surface area contributed by atoms with Gasteiger partial charge in [-0.15, -0.1) is 0 Å². The first-order valence-corrected chi connectivity index (χ1v) is 15.1. The highest BCUT2D eigenvalue weighted by Gasteiger charge is 2.32. The van der Waals surface area contributed by atoms with Crippen molar-refractivity contribution in [2.45, 2.75) is 50.6 Å². The van der Waals surface area contributed by atoms with Crippen LogP contribution in [0.15, 0.2) is 89.8 Å². The van der Waals surface area contributed by atoms with Crippen LogP contribution in [0.4, 0.5) is 5.69 Å². The van der Waals surface area contributed by atoms with Crippen LogP contribution in [0.2, 0.25) is 0 Å². The second-order valence-electron chi connectivity index (χ2n) is 9.12. The molecule has 0 aliphatic rings. The molecule has 0 saturated heterocycles. The number of hydrogen-bond donors (Lipinski definition) is 1. The number of carbonyl (C=O) groups excluding carboxylic acids is 2. The molecule has 3 aromatic carbocycles. The van der Waals surface area contributed by atoms with Crippen molar-refractivity contribution in [3.63, 3.8) is 0 Å². The summed E-state index contributed by atoms with van der Waals surface area (Å²) in [5, 5.41) is 2.94. The van der Waals surface area contributed by atoms with Gasteiger partial charge in [0.1, 0.15) is 12.6 Å². The Balaban J connectivity index is 1.95. The number of halogens is 1. The zero-order valence-corrected chi connectivity index (χ0v) is 24.9. The van der Waals surface area contributed by atoms with Crippen LogP contribution in [0.3, 0.4) is 0 Å².